The van der Waals surface area contributed by atoms with Crippen molar-refractivity contribution in [1.29, 1.82) is 0 Å². The minimum Gasteiger partial charge on any atom is -0.513 e. The maximum absolute atomic E-state index is 10.3. The lowest BCUT2D eigenvalue weighted by Gasteiger charge is -2.26. The van der Waals surface area contributed by atoms with Crippen molar-refractivity contribution in [3.05, 3.63) is 108 Å². The van der Waals surface area contributed by atoms with E-state index in [2.05, 4.69) is 64.5 Å². The second kappa shape index (κ2) is 7.76. The molecule has 0 amide bonds. The van der Waals surface area contributed by atoms with Gasteiger partial charge in [-0.1, -0.05) is 65.9 Å². The van der Waals surface area contributed by atoms with E-state index in [-0.39, 0.29) is 17.7 Å². The van der Waals surface area contributed by atoms with Crippen LogP contribution in [0.5, 0.6) is 0 Å². The number of nitrogens with zero attached hydrogens (tertiary/aromatic N) is 4. The van der Waals surface area contributed by atoms with Gasteiger partial charge in [0.2, 0.25) is 0 Å². The summed E-state index contributed by atoms with van der Waals surface area (Å²) in [5.74, 6) is 0.144. The predicted molar refractivity (Wildman–Crippen MR) is 124 cm³/mol. The fourth-order valence-corrected chi connectivity index (χ4v) is 4.48. The van der Waals surface area contributed by atoms with Gasteiger partial charge in [0.1, 0.15) is 5.52 Å². The molecule has 5 aromatic rings. The van der Waals surface area contributed by atoms with E-state index < -0.39 is 0 Å². The number of para-hydroxylation sites is 2. The predicted octanol–water partition coefficient (Wildman–Crippen LogP) is 5.76. The summed E-state index contributed by atoms with van der Waals surface area (Å²) in [7, 11) is 2.06. The van der Waals surface area contributed by atoms with Gasteiger partial charge in [-0.05, 0) is 36.8 Å². The average Bonchev–Trinajstić information content (AvgIpc) is 3.36. The van der Waals surface area contributed by atoms with Crippen LogP contribution in [0, 0.1) is 0 Å². The van der Waals surface area contributed by atoms with Crippen LogP contribution in [0.2, 0.25) is 0 Å². The molecule has 3 aromatic carbocycles. The lowest BCUT2D eigenvalue weighted by Crippen LogP contribution is -2.20. The van der Waals surface area contributed by atoms with Crippen molar-refractivity contribution in [1.82, 2.24) is 19.6 Å². The summed E-state index contributed by atoms with van der Waals surface area (Å²) in [4.78, 5) is 0. The van der Waals surface area contributed by atoms with Crippen molar-refractivity contribution in [2.45, 2.75) is 18.9 Å². The van der Waals surface area contributed by atoms with Crippen LogP contribution in [0.4, 0.5) is 0 Å². The Morgan fingerprint density at radius 1 is 0.903 bits per heavy atom. The summed E-state index contributed by atoms with van der Waals surface area (Å²) in [6.45, 7) is 1.72. The van der Waals surface area contributed by atoms with Gasteiger partial charge in [0.15, 0.2) is 0 Å². The Morgan fingerprint density at radius 3 is 2.35 bits per heavy atom. The Hall–Kier alpha value is -3.86. The highest BCUT2D eigenvalue weighted by molar-refractivity contribution is 5.85. The van der Waals surface area contributed by atoms with Crippen LogP contribution < -0.4 is 0 Å². The van der Waals surface area contributed by atoms with Crippen molar-refractivity contribution >= 4 is 21.9 Å². The zero-order chi connectivity index (χ0) is 21.4. The third-order valence-corrected chi connectivity index (χ3v) is 5.83. The monoisotopic (exact) mass is 408 g/mol. The molecule has 0 saturated heterocycles. The first-order valence-electron chi connectivity index (χ1n) is 10.4. The molecule has 2 unspecified atom stereocenters. The van der Waals surface area contributed by atoms with Crippen molar-refractivity contribution in [2.24, 2.45) is 7.05 Å². The van der Waals surface area contributed by atoms with Gasteiger partial charge in [-0.15, -0.1) is 5.10 Å². The Balaban J connectivity index is 1.83. The molecule has 0 aliphatic carbocycles. The summed E-state index contributed by atoms with van der Waals surface area (Å²) in [5, 5.41) is 20.5. The van der Waals surface area contributed by atoms with Gasteiger partial charge in [0.25, 0.3) is 0 Å². The maximum Gasteiger partial charge on any atom is 0.113 e. The van der Waals surface area contributed by atoms with Gasteiger partial charge >= 0.3 is 0 Å². The third kappa shape index (κ3) is 3.38. The molecule has 5 rings (SSSR count). The number of benzene rings is 3. The SMILES string of the molecule is C/C(O)=C/C(c1ccccc1)C(c1cn(C)c2ccccc12)n1nnc2ccccc21. The van der Waals surface area contributed by atoms with E-state index in [1.54, 1.807) is 6.92 Å². The summed E-state index contributed by atoms with van der Waals surface area (Å²) >= 11 is 0. The zero-order valence-corrected chi connectivity index (χ0v) is 17.6. The molecular weight excluding hydrogens is 384 g/mol. The van der Waals surface area contributed by atoms with Crippen LogP contribution >= 0.6 is 0 Å². The standard InChI is InChI=1S/C26H24N4O/c1-18(31)16-21(19-10-4-3-5-11-19)26(30-25-15-9-7-13-23(25)27-28-30)22-17-29(2)24-14-8-6-12-20(22)24/h3-17,21,26,31H,1-2H3/b18-16-. The van der Waals surface area contributed by atoms with Crippen LogP contribution in [0.25, 0.3) is 21.9 Å². The van der Waals surface area contributed by atoms with E-state index in [1.165, 1.54) is 5.39 Å². The number of aliphatic hydroxyl groups is 1. The van der Waals surface area contributed by atoms with Crippen LogP contribution in [-0.2, 0) is 7.05 Å². The van der Waals surface area contributed by atoms with Gasteiger partial charge in [-0.3, -0.25) is 0 Å². The number of rotatable bonds is 5. The number of aliphatic hydroxyl groups excluding tert-OH is 1. The maximum atomic E-state index is 10.3. The zero-order valence-electron chi connectivity index (χ0n) is 17.6. The Kier molecular flexibility index (Phi) is 4.79. The fourth-order valence-electron chi connectivity index (χ4n) is 4.48. The summed E-state index contributed by atoms with van der Waals surface area (Å²) in [5.41, 5.74) is 5.21. The normalized spacial score (nSPS) is 14.2. The van der Waals surface area contributed by atoms with Gasteiger partial charge in [0.05, 0.1) is 17.3 Å². The Morgan fingerprint density at radius 2 is 1.58 bits per heavy atom. The topological polar surface area (TPSA) is 55.9 Å². The summed E-state index contributed by atoms with van der Waals surface area (Å²) in [6.07, 6.45) is 4.08. The molecule has 31 heavy (non-hydrogen) atoms. The minimum atomic E-state index is -0.192. The molecule has 1 N–H and O–H groups in total. The second-order valence-corrected chi connectivity index (χ2v) is 7.92. The Labute approximate surface area is 180 Å². The molecule has 0 bridgehead atoms. The van der Waals surface area contributed by atoms with E-state index in [0.717, 1.165) is 27.7 Å². The quantitative estimate of drug-likeness (QED) is 0.376. The molecule has 0 aliphatic rings. The highest BCUT2D eigenvalue weighted by Crippen LogP contribution is 2.40. The van der Waals surface area contributed by atoms with E-state index in [9.17, 15) is 5.11 Å². The number of aromatic nitrogens is 4. The first-order valence-corrected chi connectivity index (χ1v) is 10.4. The molecule has 5 heteroatoms. The van der Waals surface area contributed by atoms with Crippen molar-refractivity contribution in [3.63, 3.8) is 0 Å². The van der Waals surface area contributed by atoms with E-state index in [0.29, 0.717) is 0 Å². The van der Waals surface area contributed by atoms with Crippen molar-refractivity contribution < 1.29 is 5.11 Å². The number of allylic oxidation sites excluding steroid dienone is 2. The molecule has 0 aliphatic heterocycles. The molecule has 0 fully saturated rings. The van der Waals surface area contributed by atoms with Gasteiger partial charge in [-0.2, -0.15) is 0 Å². The van der Waals surface area contributed by atoms with Gasteiger partial charge in [-0.25, -0.2) is 4.68 Å². The van der Waals surface area contributed by atoms with Crippen LogP contribution in [0.3, 0.4) is 0 Å². The number of aryl methyl sites for hydroxylation is 1. The molecule has 0 spiro atoms. The molecule has 5 nitrogen and oxygen atoms in total. The highest BCUT2D eigenvalue weighted by Gasteiger charge is 2.30. The van der Waals surface area contributed by atoms with Crippen LogP contribution in [0.15, 0.2) is 96.9 Å². The molecule has 0 saturated carbocycles. The van der Waals surface area contributed by atoms with Crippen molar-refractivity contribution in [2.75, 3.05) is 0 Å². The van der Waals surface area contributed by atoms with Gasteiger partial charge < -0.3 is 9.67 Å². The van der Waals surface area contributed by atoms with E-state index in [4.69, 9.17) is 0 Å². The van der Waals surface area contributed by atoms with Crippen LogP contribution in [-0.4, -0.2) is 24.7 Å². The third-order valence-electron chi connectivity index (χ3n) is 5.83. The summed E-state index contributed by atoms with van der Waals surface area (Å²) < 4.78 is 4.14. The highest BCUT2D eigenvalue weighted by atomic mass is 16.3. The summed E-state index contributed by atoms with van der Waals surface area (Å²) in [6, 6.07) is 26.5. The molecule has 154 valence electrons. The molecular formula is C26H24N4O. The number of hydrogen-bond acceptors (Lipinski definition) is 3. The molecule has 2 aromatic heterocycles. The fraction of sp³-hybridized carbons (Fsp3) is 0.154. The van der Waals surface area contributed by atoms with E-state index >= 15 is 0 Å². The molecule has 2 atom stereocenters. The number of hydrogen-bond donors (Lipinski definition) is 1. The Bertz CT molecular complexity index is 1380. The average molecular weight is 409 g/mol. The molecule has 2 heterocycles. The smallest absolute Gasteiger partial charge is 0.113 e. The van der Waals surface area contributed by atoms with Crippen molar-refractivity contribution in [3.8, 4) is 0 Å². The first-order chi connectivity index (χ1) is 15.1. The van der Waals surface area contributed by atoms with E-state index in [1.807, 2.05) is 53.2 Å². The minimum absolute atomic E-state index is 0.137. The lowest BCUT2D eigenvalue weighted by atomic mass is 9.86. The molecule has 0 radical (unpaired) electrons. The van der Waals surface area contributed by atoms with Gasteiger partial charge in [0, 0.05) is 35.6 Å². The first kappa shape index (κ1) is 19.1. The largest absolute Gasteiger partial charge is 0.513 e. The lowest BCUT2D eigenvalue weighted by molar-refractivity contribution is 0.400. The van der Waals surface area contributed by atoms with Crippen LogP contribution in [0.1, 0.15) is 30.0 Å². The second-order valence-electron chi connectivity index (χ2n) is 7.92. The number of fused-ring (bicyclic) bond motifs is 2.